The van der Waals surface area contributed by atoms with E-state index in [1.165, 1.54) is 11.0 Å². The van der Waals surface area contributed by atoms with Crippen molar-refractivity contribution in [3.8, 4) is 6.07 Å². The van der Waals surface area contributed by atoms with Crippen LogP contribution in [-0.4, -0.2) is 30.2 Å². The van der Waals surface area contributed by atoms with Gasteiger partial charge >= 0.3 is 6.09 Å². The number of rotatable bonds is 1. The molecule has 1 aliphatic heterocycles. The Bertz CT molecular complexity index is 632. The zero-order chi connectivity index (χ0) is 16.5. The average molecular weight is 306 g/mol. The van der Waals surface area contributed by atoms with Crippen molar-refractivity contribution in [2.45, 2.75) is 39.0 Å². The maximum atomic E-state index is 14.3. The number of halogens is 1. The minimum atomic E-state index is -0.632. The summed E-state index contributed by atoms with van der Waals surface area (Å²) in [5.74, 6) is -0.502. The van der Waals surface area contributed by atoms with Gasteiger partial charge in [-0.1, -0.05) is 0 Å². The average Bonchev–Trinajstić information content (AvgIpc) is 2.43. The van der Waals surface area contributed by atoms with Gasteiger partial charge < -0.3 is 14.4 Å². The van der Waals surface area contributed by atoms with Gasteiger partial charge in [0.15, 0.2) is 0 Å². The van der Waals surface area contributed by atoms with Gasteiger partial charge in [-0.2, -0.15) is 5.26 Å². The zero-order valence-corrected chi connectivity index (χ0v) is 13.1. The number of benzene rings is 1. The molecule has 1 aromatic rings. The summed E-state index contributed by atoms with van der Waals surface area (Å²) in [7, 11) is 1.55. The van der Waals surface area contributed by atoms with Crippen molar-refractivity contribution in [1.29, 1.82) is 5.26 Å². The van der Waals surface area contributed by atoms with Gasteiger partial charge in [-0.05, 0) is 38.5 Å². The van der Waals surface area contributed by atoms with Crippen LogP contribution in [0.2, 0.25) is 0 Å². The minimum Gasteiger partial charge on any atom is -0.444 e. The normalized spacial score (nSPS) is 17.4. The molecule has 0 unspecified atom stereocenters. The van der Waals surface area contributed by atoms with Gasteiger partial charge in [0, 0.05) is 12.6 Å². The number of carbonyl (C=O) groups excluding carboxylic acids is 1. The molecule has 0 N–H and O–H groups in total. The summed E-state index contributed by atoms with van der Waals surface area (Å²) in [5.41, 5.74) is 0.578. The van der Waals surface area contributed by atoms with Crippen LogP contribution in [0.3, 0.4) is 0 Å². The summed E-state index contributed by atoms with van der Waals surface area (Å²) in [6.07, 6.45) is -0.544. The van der Waals surface area contributed by atoms with E-state index in [0.717, 1.165) is 0 Å². The predicted octanol–water partition coefficient (Wildman–Crippen LogP) is 3.14. The number of amides is 1. The molecule has 5 nitrogen and oxygen atoms in total. The summed E-state index contributed by atoms with van der Waals surface area (Å²) >= 11 is 0. The van der Waals surface area contributed by atoms with Crippen molar-refractivity contribution in [2.75, 3.05) is 13.7 Å². The van der Waals surface area contributed by atoms with Gasteiger partial charge in [-0.25, -0.2) is 9.18 Å². The molecule has 1 aromatic carbocycles. The molecule has 0 radical (unpaired) electrons. The number of ether oxygens (including phenoxy) is 2. The molecule has 0 aliphatic carbocycles. The van der Waals surface area contributed by atoms with Gasteiger partial charge in [0.25, 0.3) is 0 Å². The Hall–Kier alpha value is -2.13. The Morgan fingerprint density at radius 2 is 2.18 bits per heavy atom. The van der Waals surface area contributed by atoms with Crippen LogP contribution in [0.25, 0.3) is 0 Å². The first kappa shape index (κ1) is 16.2. The molecule has 0 saturated heterocycles. The smallest absolute Gasteiger partial charge is 0.410 e. The van der Waals surface area contributed by atoms with E-state index in [1.807, 2.05) is 6.07 Å². The van der Waals surface area contributed by atoms with Gasteiger partial charge in [-0.15, -0.1) is 0 Å². The van der Waals surface area contributed by atoms with Gasteiger partial charge in [0.1, 0.15) is 11.4 Å². The second-order valence-electron chi connectivity index (χ2n) is 6.26. The molecule has 1 aliphatic rings. The fraction of sp³-hybridized carbons (Fsp3) is 0.500. The first-order valence-electron chi connectivity index (χ1n) is 6.99. The molecule has 1 amide bonds. The molecule has 118 valence electrons. The summed E-state index contributed by atoms with van der Waals surface area (Å²) in [6.45, 7) is 5.71. The van der Waals surface area contributed by atoms with Crippen LogP contribution in [0.4, 0.5) is 9.18 Å². The van der Waals surface area contributed by atoms with Gasteiger partial charge in [-0.3, -0.25) is 0 Å². The highest BCUT2D eigenvalue weighted by Crippen LogP contribution is 2.32. The maximum Gasteiger partial charge on any atom is 0.410 e. The number of hydrogen-bond donors (Lipinski definition) is 0. The molecule has 6 heteroatoms. The first-order chi connectivity index (χ1) is 10.2. The van der Waals surface area contributed by atoms with Crippen molar-refractivity contribution < 1.29 is 18.7 Å². The number of nitriles is 1. The summed E-state index contributed by atoms with van der Waals surface area (Å²) in [6, 6.07) is 4.11. The summed E-state index contributed by atoms with van der Waals surface area (Å²) < 4.78 is 25.1. The van der Waals surface area contributed by atoms with Crippen LogP contribution >= 0.6 is 0 Å². The van der Waals surface area contributed by atoms with Crippen molar-refractivity contribution in [3.63, 3.8) is 0 Å². The molecule has 2 rings (SSSR count). The van der Waals surface area contributed by atoms with E-state index in [9.17, 15) is 9.18 Å². The molecule has 0 aromatic heterocycles. The standard InChI is InChI=1S/C16H19FN2O3/c1-16(2,3)22-15(20)19(4)13-9-21-8-11-5-10(7-18)6-12(17)14(11)13/h5-6,13H,8-9H2,1-4H3/t13-/m1/s1. The topological polar surface area (TPSA) is 62.6 Å². The fourth-order valence-electron chi connectivity index (χ4n) is 2.36. The van der Waals surface area contributed by atoms with E-state index in [2.05, 4.69) is 0 Å². The number of hydrogen-bond acceptors (Lipinski definition) is 4. The Labute approximate surface area is 129 Å². The Kier molecular flexibility index (Phi) is 4.38. The van der Waals surface area contributed by atoms with E-state index in [0.29, 0.717) is 11.1 Å². The van der Waals surface area contributed by atoms with Crippen molar-refractivity contribution >= 4 is 6.09 Å². The Balaban J connectivity index is 2.33. The number of likely N-dealkylation sites (N-methyl/N-ethyl adjacent to an activating group) is 1. The Morgan fingerprint density at radius 1 is 1.50 bits per heavy atom. The highest BCUT2D eigenvalue weighted by Gasteiger charge is 2.32. The van der Waals surface area contributed by atoms with Crippen LogP contribution in [0.1, 0.15) is 43.5 Å². The number of nitrogens with zero attached hydrogens (tertiary/aromatic N) is 2. The van der Waals surface area contributed by atoms with Crippen LogP contribution in [0.15, 0.2) is 12.1 Å². The number of carbonyl (C=O) groups is 1. The van der Waals surface area contributed by atoms with Crippen LogP contribution in [-0.2, 0) is 16.1 Å². The van der Waals surface area contributed by atoms with Crippen LogP contribution in [0, 0.1) is 17.1 Å². The molecule has 0 fully saturated rings. The molecular formula is C16H19FN2O3. The van der Waals surface area contributed by atoms with Crippen molar-refractivity contribution in [1.82, 2.24) is 4.90 Å². The maximum absolute atomic E-state index is 14.3. The zero-order valence-electron chi connectivity index (χ0n) is 13.1. The van der Waals surface area contributed by atoms with E-state index in [1.54, 1.807) is 33.9 Å². The third-order valence-electron chi connectivity index (χ3n) is 3.36. The van der Waals surface area contributed by atoms with Crippen molar-refractivity contribution in [2.24, 2.45) is 0 Å². The second-order valence-corrected chi connectivity index (χ2v) is 6.26. The molecule has 1 heterocycles. The summed E-state index contributed by atoms with van der Waals surface area (Å²) in [5, 5.41) is 8.91. The molecule has 0 saturated carbocycles. The Morgan fingerprint density at radius 3 is 2.77 bits per heavy atom. The van der Waals surface area contributed by atoms with Crippen molar-refractivity contribution in [3.05, 3.63) is 34.6 Å². The molecule has 22 heavy (non-hydrogen) atoms. The molecule has 0 spiro atoms. The van der Waals surface area contributed by atoms with Gasteiger partial charge in [0.2, 0.25) is 0 Å². The highest BCUT2D eigenvalue weighted by atomic mass is 19.1. The predicted molar refractivity (Wildman–Crippen MR) is 77.5 cm³/mol. The molecular weight excluding hydrogens is 287 g/mol. The van der Waals surface area contributed by atoms with E-state index < -0.39 is 23.6 Å². The van der Waals surface area contributed by atoms with E-state index >= 15 is 0 Å². The van der Waals surface area contributed by atoms with Crippen LogP contribution in [0.5, 0.6) is 0 Å². The SMILES string of the molecule is CN(C(=O)OC(C)(C)C)[C@@H]1COCc2cc(C#N)cc(F)c21. The lowest BCUT2D eigenvalue weighted by atomic mass is 9.95. The highest BCUT2D eigenvalue weighted by molar-refractivity contribution is 5.68. The largest absolute Gasteiger partial charge is 0.444 e. The number of fused-ring (bicyclic) bond motifs is 1. The second kappa shape index (κ2) is 5.93. The van der Waals surface area contributed by atoms with Gasteiger partial charge in [0.05, 0.1) is 30.9 Å². The first-order valence-corrected chi connectivity index (χ1v) is 6.99. The third-order valence-corrected chi connectivity index (χ3v) is 3.36. The lowest BCUT2D eigenvalue weighted by Gasteiger charge is -2.34. The van der Waals surface area contributed by atoms with E-state index in [4.69, 9.17) is 14.7 Å². The quantitative estimate of drug-likeness (QED) is 0.799. The fourth-order valence-corrected chi connectivity index (χ4v) is 2.36. The molecule has 0 bridgehead atoms. The van der Waals surface area contributed by atoms with Crippen LogP contribution < -0.4 is 0 Å². The monoisotopic (exact) mass is 306 g/mol. The molecule has 1 atom stereocenters. The summed E-state index contributed by atoms with van der Waals surface area (Å²) in [4.78, 5) is 13.5. The third kappa shape index (κ3) is 3.37. The lowest BCUT2D eigenvalue weighted by Crippen LogP contribution is -2.40. The minimum absolute atomic E-state index is 0.186. The lowest BCUT2D eigenvalue weighted by molar-refractivity contribution is -0.00122. The van der Waals surface area contributed by atoms with E-state index in [-0.39, 0.29) is 18.8 Å².